The van der Waals surface area contributed by atoms with Crippen molar-refractivity contribution in [2.45, 2.75) is 208 Å². The van der Waals surface area contributed by atoms with Crippen molar-refractivity contribution in [2.75, 3.05) is 14.7 Å². The van der Waals surface area contributed by atoms with Crippen LogP contribution in [0.4, 0.5) is 51.2 Å². The minimum absolute atomic E-state index is 0.0101. The summed E-state index contributed by atoms with van der Waals surface area (Å²) in [5, 5.41) is 2.26. The first kappa shape index (κ1) is 57.1. The minimum Gasteiger partial charge on any atom is -0.454 e. The van der Waals surface area contributed by atoms with E-state index in [0.29, 0.717) is 0 Å². The maximum Gasteiger partial charge on any atom is 0.252 e. The van der Waals surface area contributed by atoms with Gasteiger partial charge in [-0.1, -0.05) is 205 Å². The van der Waals surface area contributed by atoms with E-state index in [-0.39, 0.29) is 50.0 Å². The fraction of sp³-hybridized carbons (Fsp3) is 0.400. The smallest absolute Gasteiger partial charge is 0.252 e. The molecule has 8 aromatic carbocycles. The molecule has 5 heteroatoms. The molecule has 85 heavy (non-hydrogen) atoms. The fourth-order valence-corrected chi connectivity index (χ4v) is 15.6. The predicted molar refractivity (Wildman–Crippen MR) is 368 cm³/mol. The van der Waals surface area contributed by atoms with Crippen molar-refractivity contribution < 1.29 is 4.42 Å². The average Bonchev–Trinajstić information content (AvgIpc) is 1.52. The van der Waals surface area contributed by atoms with E-state index in [0.717, 1.165) is 63.2 Å². The second-order valence-electron chi connectivity index (χ2n) is 33.0. The molecule has 0 amide bonds. The molecule has 0 saturated heterocycles. The molecule has 0 radical (unpaired) electrons. The van der Waals surface area contributed by atoms with Crippen LogP contribution < -0.4 is 31.1 Å². The van der Waals surface area contributed by atoms with Crippen LogP contribution in [0.25, 0.3) is 21.9 Å². The van der Waals surface area contributed by atoms with E-state index in [4.69, 9.17) is 4.42 Å². The molecule has 0 saturated carbocycles. The topological polar surface area (TPSA) is 22.9 Å². The van der Waals surface area contributed by atoms with Crippen LogP contribution in [0.15, 0.2) is 144 Å². The fourth-order valence-electron chi connectivity index (χ4n) is 15.6. The lowest BCUT2D eigenvalue weighted by molar-refractivity contribution is 0.332. The van der Waals surface area contributed by atoms with Crippen LogP contribution in [0.1, 0.15) is 208 Å². The highest BCUT2D eigenvalue weighted by Crippen LogP contribution is 2.56. The van der Waals surface area contributed by atoms with E-state index < -0.39 is 0 Å². The highest BCUT2D eigenvalue weighted by molar-refractivity contribution is 7.00. The van der Waals surface area contributed by atoms with Crippen molar-refractivity contribution in [1.82, 2.24) is 0 Å². The lowest BCUT2D eigenvalue weighted by Gasteiger charge is -2.47. The normalized spacial score (nSPS) is 17.4. The summed E-state index contributed by atoms with van der Waals surface area (Å²) in [7, 11) is 0. The molecule has 3 heterocycles. The van der Waals surface area contributed by atoms with Crippen LogP contribution in [-0.4, -0.2) is 6.71 Å². The Morgan fingerprint density at radius 3 is 1.42 bits per heavy atom. The van der Waals surface area contributed by atoms with E-state index in [9.17, 15) is 0 Å². The molecule has 2 aliphatic carbocycles. The van der Waals surface area contributed by atoms with Crippen molar-refractivity contribution >= 4 is 96.2 Å². The number of fused-ring (bicyclic) bond motifs is 9. The van der Waals surface area contributed by atoms with E-state index in [1.807, 2.05) is 0 Å². The molecule has 436 valence electrons. The van der Waals surface area contributed by atoms with Gasteiger partial charge in [-0.05, 0) is 209 Å². The Hall–Kier alpha value is -6.98. The van der Waals surface area contributed by atoms with E-state index >= 15 is 0 Å². The van der Waals surface area contributed by atoms with Crippen LogP contribution in [0.5, 0.6) is 0 Å². The Balaban J connectivity index is 1.16. The third kappa shape index (κ3) is 9.12. The number of benzene rings is 8. The molecule has 0 bridgehead atoms. The van der Waals surface area contributed by atoms with Crippen molar-refractivity contribution in [3.05, 3.63) is 190 Å². The molecule has 0 atom stereocenters. The standard InChI is InChI=1S/C80H92BN3O/c1-48-39-58-60(78(16,17)38-37-77(58,14)15)45-65(48)84-67-46-61-59(79(18,19)47-80(61,20)21)44-63(67)81-62-36-34-55(82(53-30-25-49(26-31-53)73(2,3)4)54-32-27-50(28-33-54)74(5,6)7)43-66(62)83(68-40-52(76(11,12)13)41-69(84)71(68)81)64-24-22-23-57-56-35-29-51(75(8,9)10)42-70(56)85-72(57)64/h22-36,39-46H,37-38,47H2,1-21H3. The average molecular weight is 1120 g/mol. The summed E-state index contributed by atoms with van der Waals surface area (Å²) in [6, 6.07) is 55.5. The third-order valence-corrected chi connectivity index (χ3v) is 20.6. The second kappa shape index (κ2) is 18.5. The van der Waals surface area contributed by atoms with Gasteiger partial charge in [-0.25, -0.2) is 0 Å². The molecular weight excluding hydrogens is 1030 g/mol. The van der Waals surface area contributed by atoms with Crippen molar-refractivity contribution in [1.29, 1.82) is 0 Å². The van der Waals surface area contributed by atoms with Crippen LogP contribution in [-0.2, 0) is 43.3 Å². The van der Waals surface area contributed by atoms with E-state index in [1.54, 1.807) is 0 Å². The van der Waals surface area contributed by atoms with Crippen LogP contribution in [0.2, 0.25) is 0 Å². The zero-order valence-corrected chi connectivity index (χ0v) is 55.2. The van der Waals surface area contributed by atoms with Gasteiger partial charge in [0.1, 0.15) is 5.58 Å². The van der Waals surface area contributed by atoms with Gasteiger partial charge in [0.25, 0.3) is 6.71 Å². The molecule has 1 aromatic heterocycles. The Morgan fingerprint density at radius 1 is 0.400 bits per heavy atom. The molecule has 4 nitrogen and oxygen atoms in total. The van der Waals surface area contributed by atoms with Gasteiger partial charge in [0.2, 0.25) is 0 Å². The lowest BCUT2D eigenvalue weighted by atomic mass is 9.33. The predicted octanol–water partition coefficient (Wildman–Crippen LogP) is 20.9. The highest BCUT2D eigenvalue weighted by atomic mass is 16.3. The van der Waals surface area contributed by atoms with Crippen LogP contribution in [0, 0.1) is 6.92 Å². The summed E-state index contributed by atoms with van der Waals surface area (Å²) >= 11 is 0. The first-order chi connectivity index (χ1) is 39.5. The Morgan fingerprint density at radius 2 is 0.871 bits per heavy atom. The summed E-state index contributed by atoms with van der Waals surface area (Å²) in [4.78, 5) is 7.85. The van der Waals surface area contributed by atoms with Gasteiger partial charge >= 0.3 is 0 Å². The maximum atomic E-state index is 7.37. The maximum absolute atomic E-state index is 7.37. The van der Waals surface area contributed by atoms with Gasteiger partial charge in [0, 0.05) is 56.3 Å². The first-order valence-electron chi connectivity index (χ1n) is 31.8. The minimum atomic E-state index is -0.203. The molecule has 0 fully saturated rings. The molecule has 0 N–H and O–H groups in total. The van der Waals surface area contributed by atoms with Crippen molar-refractivity contribution in [3.63, 3.8) is 0 Å². The molecule has 13 rings (SSSR count). The number of hydrogen-bond donors (Lipinski definition) is 0. The zero-order valence-electron chi connectivity index (χ0n) is 55.2. The number of para-hydroxylation sites is 1. The number of anilines is 9. The van der Waals surface area contributed by atoms with Gasteiger partial charge in [0.15, 0.2) is 5.58 Å². The van der Waals surface area contributed by atoms with Crippen molar-refractivity contribution in [2.24, 2.45) is 0 Å². The van der Waals surface area contributed by atoms with E-state index in [1.165, 1.54) is 95.6 Å². The van der Waals surface area contributed by atoms with Gasteiger partial charge < -0.3 is 19.1 Å². The molecule has 4 aliphatic rings. The van der Waals surface area contributed by atoms with Gasteiger partial charge in [-0.2, -0.15) is 0 Å². The molecular formula is C80H92BN3O. The third-order valence-electron chi connectivity index (χ3n) is 20.6. The number of rotatable bonds is 5. The Bertz CT molecular complexity index is 4150. The Labute approximate surface area is 510 Å². The quantitative estimate of drug-likeness (QED) is 0.160. The summed E-state index contributed by atoms with van der Waals surface area (Å²) in [6.07, 6.45) is 3.42. The van der Waals surface area contributed by atoms with Crippen LogP contribution >= 0.6 is 0 Å². The summed E-state index contributed by atoms with van der Waals surface area (Å²) in [5.41, 5.74) is 28.7. The SMILES string of the molecule is Cc1cc2c(cc1N1c3cc4c(cc3B3c5ccc(N(c6ccc(C(C)(C)C)cc6)c6ccc(C(C)(C)C)cc6)cc5N(c5cccc6c5oc5cc(C(C)(C)C)ccc56)c5cc(C(C)(C)C)cc1c53)C(C)(C)CC4(C)C)C(C)(C)CCC2(C)C. The molecule has 9 aromatic rings. The Kier molecular flexibility index (Phi) is 12.4. The summed E-state index contributed by atoms with van der Waals surface area (Å²) in [5.74, 6) is 0. The van der Waals surface area contributed by atoms with E-state index in [2.05, 4.69) is 300 Å². The molecule has 0 unspecified atom stereocenters. The van der Waals surface area contributed by atoms with Gasteiger partial charge in [-0.15, -0.1) is 0 Å². The summed E-state index contributed by atoms with van der Waals surface area (Å²) in [6.45, 7) is 50.0. The second-order valence-corrected chi connectivity index (χ2v) is 33.0. The van der Waals surface area contributed by atoms with Crippen molar-refractivity contribution in [3.8, 4) is 0 Å². The molecule has 2 aliphatic heterocycles. The lowest BCUT2D eigenvalue weighted by Crippen LogP contribution is -2.61. The monoisotopic (exact) mass is 1120 g/mol. The van der Waals surface area contributed by atoms with Gasteiger partial charge in [-0.3, -0.25) is 0 Å². The zero-order chi connectivity index (χ0) is 60.8. The largest absolute Gasteiger partial charge is 0.454 e. The summed E-state index contributed by atoms with van der Waals surface area (Å²) < 4.78 is 7.37. The number of hydrogen-bond acceptors (Lipinski definition) is 4. The molecule has 0 spiro atoms. The highest BCUT2D eigenvalue weighted by Gasteiger charge is 2.50. The first-order valence-corrected chi connectivity index (χ1v) is 31.8. The van der Waals surface area contributed by atoms with Crippen LogP contribution in [0.3, 0.4) is 0 Å². The van der Waals surface area contributed by atoms with Gasteiger partial charge in [0.05, 0.1) is 5.69 Å². The number of furan rings is 1. The number of aryl methyl sites for hydroxylation is 1. The number of nitrogens with zero attached hydrogens (tertiary/aromatic N) is 3.